The highest BCUT2D eigenvalue weighted by Crippen LogP contribution is 2.27. The summed E-state index contributed by atoms with van der Waals surface area (Å²) in [7, 11) is 1.61. The third-order valence-electron chi connectivity index (χ3n) is 4.51. The number of hydrogen-bond donors (Lipinski definition) is 2. The van der Waals surface area contributed by atoms with Crippen molar-refractivity contribution in [2.75, 3.05) is 70.4 Å². The third kappa shape index (κ3) is 9.36. The summed E-state index contributed by atoms with van der Waals surface area (Å²) in [6, 6.07) is 3.70. The lowest BCUT2D eigenvalue weighted by Gasteiger charge is -2.20. The highest BCUT2D eigenvalue weighted by Gasteiger charge is 2.14. The number of methoxy groups -OCH3 is 1. The molecule has 1 aromatic carbocycles. The number of nitrogens with one attached hydrogen (secondary N) is 2. The molecule has 2 N–H and O–H groups in total. The number of anilines is 2. The summed E-state index contributed by atoms with van der Waals surface area (Å²) in [6.45, 7) is 11.5. The van der Waals surface area contributed by atoms with Crippen molar-refractivity contribution < 1.29 is 23.8 Å². The van der Waals surface area contributed by atoms with Gasteiger partial charge in [0.15, 0.2) is 0 Å². The van der Waals surface area contributed by atoms with Crippen molar-refractivity contribution in [3.05, 3.63) is 23.3 Å². The van der Waals surface area contributed by atoms with E-state index >= 15 is 0 Å². The van der Waals surface area contributed by atoms with Crippen LogP contribution in [0.3, 0.4) is 0 Å². The van der Waals surface area contributed by atoms with E-state index in [2.05, 4.69) is 10.6 Å². The van der Waals surface area contributed by atoms with Crippen molar-refractivity contribution >= 4 is 23.2 Å². The van der Waals surface area contributed by atoms with Gasteiger partial charge in [-0.15, -0.1) is 0 Å². The van der Waals surface area contributed by atoms with Gasteiger partial charge in [0.05, 0.1) is 33.0 Å². The molecule has 0 radical (unpaired) electrons. The number of carbonyl (C=O) groups excluding carboxylic acids is 2. The number of ether oxygens (including phenoxy) is 3. The second-order valence-electron chi connectivity index (χ2n) is 6.65. The standard InChI is InChI=1S/C21H35N3O5/c1-6-24(7-2)14-19(25)23-21-16(3)8-9-18(17(21)4)22-20(26)15-29-13-12-28-11-10-27-5/h8-9H,6-7,10-15H2,1-5H3,(H,22,26)(H,23,25). The molecule has 0 bridgehead atoms. The highest BCUT2D eigenvalue weighted by molar-refractivity contribution is 5.97. The number of nitrogens with zero attached hydrogens (tertiary/aromatic N) is 1. The zero-order valence-electron chi connectivity index (χ0n) is 18.3. The average Bonchev–Trinajstić information content (AvgIpc) is 2.70. The van der Waals surface area contributed by atoms with Crippen LogP contribution in [0.15, 0.2) is 12.1 Å². The molecule has 0 heterocycles. The Labute approximate surface area is 173 Å². The van der Waals surface area contributed by atoms with Gasteiger partial charge in [-0.05, 0) is 44.1 Å². The molecular formula is C21H35N3O5. The largest absolute Gasteiger partial charge is 0.382 e. The summed E-state index contributed by atoms with van der Waals surface area (Å²) in [6.07, 6.45) is 0. The Balaban J connectivity index is 2.57. The van der Waals surface area contributed by atoms with Crippen LogP contribution < -0.4 is 10.6 Å². The maximum absolute atomic E-state index is 12.4. The molecule has 0 atom stereocenters. The number of likely N-dealkylation sites (N-methyl/N-ethyl adjacent to an activating group) is 1. The molecule has 0 aromatic heterocycles. The van der Waals surface area contributed by atoms with Crippen LogP contribution in [0.2, 0.25) is 0 Å². The Hall–Kier alpha value is -2.00. The lowest BCUT2D eigenvalue weighted by molar-refractivity contribution is -0.121. The normalized spacial score (nSPS) is 11.0. The lowest BCUT2D eigenvalue weighted by Crippen LogP contribution is -2.33. The van der Waals surface area contributed by atoms with Crippen LogP contribution >= 0.6 is 0 Å². The first-order valence-corrected chi connectivity index (χ1v) is 9.99. The molecule has 8 heteroatoms. The topological polar surface area (TPSA) is 89.1 Å². The van der Waals surface area contributed by atoms with Crippen molar-refractivity contribution in [3.63, 3.8) is 0 Å². The van der Waals surface area contributed by atoms with Crippen LogP contribution in [0.4, 0.5) is 11.4 Å². The lowest BCUT2D eigenvalue weighted by atomic mass is 10.1. The van der Waals surface area contributed by atoms with Crippen molar-refractivity contribution in [2.45, 2.75) is 27.7 Å². The first-order chi connectivity index (χ1) is 13.9. The molecule has 29 heavy (non-hydrogen) atoms. The summed E-state index contributed by atoms with van der Waals surface area (Å²) in [5, 5.41) is 5.82. The first-order valence-electron chi connectivity index (χ1n) is 9.99. The maximum atomic E-state index is 12.4. The Kier molecular flexibility index (Phi) is 12.1. The van der Waals surface area contributed by atoms with Gasteiger partial charge in [0, 0.05) is 18.5 Å². The molecule has 0 aliphatic rings. The molecule has 0 saturated carbocycles. The van der Waals surface area contributed by atoms with E-state index in [4.69, 9.17) is 14.2 Å². The number of amides is 2. The molecule has 2 amide bonds. The summed E-state index contributed by atoms with van der Waals surface area (Å²) in [5.41, 5.74) is 3.14. The van der Waals surface area contributed by atoms with E-state index in [-0.39, 0.29) is 18.4 Å². The predicted molar refractivity (Wildman–Crippen MR) is 114 cm³/mol. The zero-order valence-corrected chi connectivity index (χ0v) is 18.3. The van der Waals surface area contributed by atoms with Crippen molar-refractivity contribution in [1.29, 1.82) is 0 Å². The molecule has 1 aromatic rings. The summed E-state index contributed by atoms with van der Waals surface area (Å²) < 4.78 is 15.5. The molecule has 0 aliphatic carbocycles. The van der Waals surface area contributed by atoms with E-state index in [1.54, 1.807) is 7.11 Å². The van der Waals surface area contributed by atoms with Gasteiger partial charge in [-0.3, -0.25) is 14.5 Å². The average molecular weight is 410 g/mol. The Bertz CT molecular complexity index is 647. The van der Waals surface area contributed by atoms with Crippen LogP contribution in [-0.2, 0) is 23.8 Å². The predicted octanol–water partition coefficient (Wildman–Crippen LogP) is 2.20. The van der Waals surface area contributed by atoms with Crippen molar-refractivity contribution in [1.82, 2.24) is 4.90 Å². The van der Waals surface area contributed by atoms with E-state index in [0.717, 1.165) is 29.9 Å². The highest BCUT2D eigenvalue weighted by atomic mass is 16.5. The van der Waals surface area contributed by atoms with Crippen molar-refractivity contribution in [3.8, 4) is 0 Å². The van der Waals surface area contributed by atoms with E-state index in [1.807, 2.05) is 44.7 Å². The second kappa shape index (κ2) is 14.1. The fraction of sp³-hybridized carbons (Fsp3) is 0.619. The molecule has 0 unspecified atom stereocenters. The molecule has 0 aliphatic heterocycles. The van der Waals surface area contributed by atoms with Gasteiger partial charge in [-0.2, -0.15) is 0 Å². The molecule has 1 rings (SSSR count). The molecular weight excluding hydrogens is 374 g/mol. The van der Waals surface area contributed by atoms with Gasteiger partial charge in [0.1, 0.15) is 6.61 Å². The van der Waals surface area contributed by atoms with E-state index < -0.39 is 0 Å². The van der Waals surface area contributed by atoms with Gasteiger partial charge >= 0.3 is 0 Å². The van der Waals surface area contributed by atoms with E-state index in [9.17, 15) is 9.59 Å². The number of benzene rings is 1. The molecule has 164 valence electrons. The Morgan fingerprint density at radius 2 is 1.59 bits per heavy atom. The monoisotopic (exact) mass is 409 g/mol. The number of hydrogen-bond acceptors (Lipinski definition) is 6. The second-order valence-corrected chi connectivity index (χ2v) is 6.65. The SMILES string of the molecule is CCN(CC)CC(=O)Nc1c(C)ccc(NC(=O)COCCOCCOC)c1C. The number of rotatable bonds is 14. The van der Waals surface area contributed by atoms with Crippen LogP contribution in [-0.4, -0.2) is 76.5 Å². The number of carbonyl (C=O) groups is 2. The van der Waals surface area contributed by atoms with Crippen LogP contribution in [0.1, 0.15) is 25.0 Å². The summed E-state index contributed by atoms with van der Waals surface area (Å²) in [4.78, 5) is 26.6. The van der Waals surface area contributed by atoms with Crippen LogP contribution in [0, 0.1) is 13.8 Å². The van der Waals surface area contributed by atoms with Crippen LogP contribution in [0.25, 0.3) is 0 Å². The minimum Gasteiger partial charge on any atom is -0.382 e. The number of aryl methyl sites for hydroxylation is 1. The Morgan fingerprint density at radius 3 is 2.24 bits per heavy atom. The first kappa shape index (κ1) is 25.0. The minimum atomic E-state index is -0.255. The maximum Gasteiger partial charge on any atom is 0.250 e. The van der Waals surface area contributed by atoms with Gasteiger partial charge < -0.3 is 24.8 Å². The van der Waals surface area contributed by atoms with E-state index in [1.165, 1.54) is 0 Å². The fourth-order valence-corrected chi connectivity index (χ4v) is 2.72. The fourth-order valence-electron chi connectivity index (χ4n) is 2.72. The van der Waals surface area contributed by atoms with Crippen LogP contribution in [0.5, 0.6) is 0 Å². The van der Waals surface area contributed by atoms with E-state index in [0.29, 0.717) is 38.7 Å². The Morgan fingerprint density at radius 1 is 0.931 bits per heavy atom. The van der Waals surface area contributed by atoms with Gasteiger partial charge in [0.2, 0.25) is 11.8 Å². The summed E-state index contributed by atoms with van der Waals surface area (Å²) in [5.74, 6) is -0.325. The summed E-state index contributed by atoms with van der Waals surface area (Å²) >= 11 is 0. The molecule has 8 nitrogen and oxygen atoms in total. The van der Waals surface area contributed by atoms with Gasteiger partial charge in [-0.25, -0.2) is 0 Å². The molecule has 0 spiro atoms. The van der Waals surface area contributed by atoms with Gasteiger partial charge in [0.25, 0.3) is 0 Å². The minimum absolute atomic E-state index is 0.0649. The zero-order chi connectivity index (χ0) is 21.6. The molecule has 0 saturated heterocycles. The third-order valence-corrected chi connectivity index (χ3v) is 4.51. The smallest absolute Gasteiger partial charge is 0.250 e. The quantitative estimate of drug-likeness (QED) is 0.458. The van der Waals surface area contributed by atoms with Gasteiger partial charge in [-0.1, -0.05) is 19.9 Å². The molecule has 0 fully saturated rings. The van der Waals surface area contributed by atoms with Crippen molar-refractivity contribution in [2.24, 2.45) is 0 Å².